The molecule has 0 bridgehead atoms. The molecule has 0 radical (unpaired) electrons. The Balaban J connectivity index is 0.000000956. The maximum atomic E-state index is 9.17. The minimum absolute atomic E-state index is 0.339. The summed E-state index contributed by atoms with van der Waals surface area (Å²) < 4.78 is 2.05. The van der Waals surface area contributed by atoms with Crippen LogP contribution in [0.3, 0.4) is 0 Å². The minimum Gasteiger partial charge on any atom is -0.344 e. The molecule has 0 aromatic carbocycles. The Morgan fingerprint density at radius 3 is 2.50 bits per heavy atom. The Morgan fingerprint density at radius 1 is 1.45 bits per heavy atom. The van der Waals surface area contributed by atoms with E-state index in [-0.39, 0.29) is 0 Å². The molecule has 2 aromatic heterocycles. The molecule has 0 saturated heterocycles. The summed E-state index contributed by atoms with van der Waals surface area (Å²) in [6, 6.07) is 4.05. The fourth-order valence-electron chi connectivity index (χ4n) is 2.25. The molecule has 2 aromatic rings. The molecule has 0 atom stereocenters. The van der Waals surface area contributed by atoms with Gasteiger partial charge in [-0.2, -0.15) is 10.4 Å². The zero-order chi connectivity index (χ0) is 15.3. The third kappa shape index (κ3) is 3.43. The normalized spacial score (nSPS) is 10.1. The van der Waals surface area contributed by atoms with Gasteiger partial charge in [-0.15, -0.1) is 0 Å². The van der Waals surface area contributed by atoms with E-state index in [0.717, 1.165) is 22.5 Å². The van der Waals surface area contributed by atoms with E-state index in [4.69, 9.17) is 11.6 Å². The van der Waals surface area contributed by atoms with Crippen molar-refractivity contribution in [3.8, 4) is 6.07 Å². The molecule has 5 heteroatoms. The van der Waals surface area contributed by atoms with Crippen molar-refractivity contribution in [2.24, 2.45) is 0 Å². The molecular formula is C15H21ClN4. The van der Waals surface area contributed by atoms with Crippen LogP contribution in [0.5, 0.6) is 0 Å². The summed E-state index contributed by atoms with van der Waals surface area (Å²) in [5.74, 6) is 0.339. The zero-order valence-corrected chi connectivity index (χ0v) is 13.4. The summed E-state index contributed by atoms with van der Waals surface area (Å²) >= 11 is 5.78. The van der Waals surface area contributed by atoms with Crippen molar-refractivity contribution in [1.82, 2.24) is 14.8 Å². The molecule has 0 aliphatic carbocycles. The molecule has 0 fully saturated rings. The van der Waals surface area contributed by atoms with Crippen molar-refractivity contribution >= 4 is 11.6 Å². The summed E-state index contributed by atoms with van der Waals surface area (Å²) in [6.07, 6.45) is 1.89. The number of rotatable bonds is 3. The lowest BCUT2D eigenvalue weighted by atomic mass is 10.00. The standard InChI is InChI=1S/C13H15ClN4.C2H6/c1-8(2)13-9(3)18(6-10(13)5-15)7-11-4-12(14)17-16-11;1-2/h4,6,8H,7H2,1-3H3,(H,16,17);1-2H3. The van der Waals surface area contributed by atoms with Crippen molar-refractivity contribution < 1.29 is 0 Å². The van der Waals surface area contributed by atoms with Gasteiger partial charge in [0, 0.05) is 11.9 Å². The first kappa shape index (κ1) is 16.3. The van der Waals surface area contributed by atoms with Crippen molar-refractivity contribution in [3.63, 3.8) is 0 Å². The van der Waals surface area contributed by atoms with Crippen LogP contribution in [-0.2, 0) is 6.54 Å². The largest absolute Gasteiger partial charge is 0.344 e. The SMILES string of the molecule is CC.Cc1c(C(C)C)c(C#N)cn1Cc1cc(Cl)n[nH]1. The number of halogens is 1. The third-order valence-electron chi connectivity index (χ3n) is 3.03. The van der Waals surface area contributed by atoms with Gasteiger partial charge in [0.1, 0.15) is 6.07 Å². The molecule has 0 aliphatic rings. The highest BCUT2D eigenvalue weighted by molar-refractivity contribution is 6.29. The number of aromatic nitrogens is 3. The van der Waals surface area contributed by atoms with Crippen LogP contribution < -0.4 is 0 Å². The van der Waals surface area contributed by atoms with Crippen molar-refractivity contribution in [3.05, 3.63) is 39.9 Å². The number of hydrogen-bond acceptors (Lipinski definition) is 2. The molecule has 2 heterocycles. The lowest BCUT2D eigenvalue weighted by Crippen LogP contribution is -2.02. The molecule has 0 aliphatic heterocycles. The Morgan fingerprint density at radius 2 is 2.10 bits per heavy atom. The van der Waals surface area contributed by atoms with E-state index in [1.165, 1.54) is 0 Å². The van der Waals surface area contributed by atoms with Crippen LogP contribution in [0.25, 0.3) is 0 Å². The smallest absolute Gasteiger partial charge is 0.151 e. The monoisotopic (exact) mass is 292 g/mol. The number of hydrogen-bond donors (Lipinski definition) is 1. The summed E-state index contributed by atoms with van der Waals surface area (Å²) in [6.45, 7) is 10.9. The first-order chi connectivity index (χ1) is 9.52. The summed E-state index contributed by atoms with van der Waals surface area (Å²) in [7, 11) is 0. The van der Waals surface area contributed by atoms with E-state index in [1.54, 1.807) is 6.07 Å². The maximum absolute atomic E-state index is 9.17. The Kier molecular flexibility index (Phi) is 5.84. The van der Waals surface area contributed by atoms with Crippen LogP contribution >= 0.6 is 11.6 Å². The van der Waals surface area contributed by atoms with Crippen LogP contribution in [0.4, 0.5) is 0 Å². The van der Waals surface area contributed by atoms with Gasteiger partial charge in [0.05, 0.1) is 17.8 Å². The van der Waals surface area contributed by atoms with Gasteiger partial charge in [-0.3, -0.25) is 5.10 Å². The Hall–Kier alpha value is -1.73. The second kappa shape index (κ2) is 7.16. The highest BCUT2D eigenvalue weighted by atomic mass is 35.5. The van der Waals surface area contributed by atoms with Gasteiger partial charge in [-0.05, 0) is 24.5 Å². The van der Waals surface area contributed by atoms with E-state index in [2.05, 4.69) is 34.7 Å². The topological polar surface area (TPSA) is 57.4 Å². The molecule has 0 unspecified atom stereocenters. The molecule has 4 nitrogen and oxygen atoms in total. The first-order valence-electron chi connectivity index (χ1n) is 6.82. The lowest BCUT2D eigenvalue weighted by Gasteiger charge is -2.08. The van der Waals surface area contributed by atoms with E-state index in [1.807, 2.05) is 27.0 Å². The fraction of sp³-hybridized carbons (Fsp3) is 0.467. The zero-order valence-electron chi connectivity index (χ0n) is 12.7. The van der Waals surface area contributed by atoms with Crippen LogP contribution in [-0.4, -0.2) is 14.8 Å². The molecule has 0 amide bonds. The predicted molar refractivity (Wildman–Crippen MR) is 82.0 cm³/mol. The highest BCUT2D eigenvalue weighted by Crippen LogP contribution is 2.25. The summed E-state index contributed by atoms with van der Waals surface area (Å²) in [5.41, 5.74) is 3.90. The average Bonchev–Trinajstić information content (AvgIpc) is 2.97. The molecule has 1 N–H and O–H groups in total. The van der Waals surface area contributed by atoms with Crippen LogP contribution in [0.15, 0.2) is 12.3 Å². The minimum atomic E-state index is 0.339. The Bertz CT molecular complexity index is 602. The van der Waals surface area contributed by atoms with Gasteiger partial charge in [0.15, 0.2) is 5.15 Å². The van der Waals surface area contributed by atoms with Gasteiger partial charge in [0.2, 0.25) is 0 Å². The summed E-state index contributed by atoms with van der Waals surface area (Å²) in [5, 5.41) is 16.4. The van der Waals surface area contributed by atoms with Crippen molar-refractivity contribution in [2.45, 2.75) is 47.1 Å². The quantitative estimate of drug-likeness (QED) is 0.919. The number of nitrogens with one attached hydrogen (secondary N) is 1. The second-order valence-corrected chi connectivity index (χ2v) is 5.04. The predicted octanol–water partition coefficient (Wildman–Crippen LogP) is 4.24. The molecular weight excluding hydrogens is 272 g/mol. The van der Waals surface area contributed by atoms with Crippen molar-refractivity contribution in [1.29, 1.82) is 5.26 Å². The van der Waals surface area contributed by atoms with Crippen molar-refractivity contribution in [2.75, 3.05) is 0 Å². The third-order valence-corrected chi connectivity index (χ3v) is 3.23. The van der Waals surface area contributed by atoms with Crippen LogP contribution in [0, 0.1) is 18.3 Å². The number of H-pyrrole nitrogens is 1. The van der Waals surface area contributed by atoms with Crippen LogP contribution in [0.2, 0.25) is 5.15 Å². The number of nitriles is 1. The molecule has 0 spiro atoms. The first-order valence-corrected chi connectivity index (χ1v) is 7.20. The number of aromatic amines is 1. The molecule has 20 heavy (non-hydrogen) atoms. The number of nitrogens with zero attached hydrogens (tertiary/aromatic N) is 3. The Labute approximate surface area is 125 Å². The van der Waals surface area contributed by atoms with Gasteiger partial charge in [0.25, 0.3) is 0 Å². The lowest BCUT2D eigenvalue weighted by molar-refractivity contribution is 0.735. The van der Waals surface area contributed by atoms with E-state index < -0.39 is 0 Å². The van der Waals surface area contributed by atoms with Crippen LogP contribution in [0.1, 0.15) is 56.1 Å². The van der Waals surface area contributed by atoms with Gasteiger partial charge < -0.3 is 4.57 Å². The van der Waals surface area contributed by atoms with Gasteiger partial charge >= 0.3 is 0 Å². The molecule has 2 rings (SSSR count). The van der Waals surface area contributed by atoms with E-state index in [0.29, 0.717) is 17.6 Å². The highest BCUT2D eigenvalue weighted by Gasteiger charge is 2.15. The average molecular weight is 293 g/mol. The molecule has 0 saturated carbocycles. The fourth-order valence-corrected chi connectivity index (χ4v) is 2.43. The molecule has 108 valence electrons. The van der Waals surface area contributed by atoms with Gasteiger partial charge in [-0.1, -0.05) is 39.3 Å². The second-order valence-electron chi connectivity index (χ2n) is 4.65. The van der Waals surface area contributed by atoms with E-state index >= 15 is 0 Å². The summed E-state index contributed by atoms with van der Waals surface area (Å²) in [4.78, 5) is 0. The van der Waals surface area contributed by atoms with Gasteiger partial charge in [-0.25, -0.2) is 0 Å². The van der Waals surface area contributed by atoms with E-state index in [9.17, 15) is 5.26 Å². The maximum Gasteiger partial charge on any atom is 0.151 e.